The third-order valence-electron chi connectivity index (χ3n) is 3.39. The first-order valence-electron chi connectivity index (χ1n) is 5.56. The Morgan fingerprint density at radius 2 is 1.06 bits per heavy atom. The Hall–Kier alpha value is -1.69. The van der Waals surface area contributed by atoms with Crippen LogP contribution in [0, 0.1) is 0 Å². The molecule has 0 N–H and O–H groups in total. The average molecular weight is 198 g/mol. The van der Waals surface area contributed by atoms with Crippen LogP contribution in [-0.2, 0) is 0 Å². The summed E-state index contributed by atoms with van der Waals surface area (Å²) in [5.41, 5.74) is 0. The van der Waals surface area contributed by atoms with Gasteiger partial charge in [-0.3, -0.25) is 0 Å². The standard InChI is InChI=1S/C14H8B2/c1-3-9-7-8-10-4-2-6-12-14(10)13(9)11(5-1)15-16-12/h1-8H. The molecule has 0 aliphatic rings. The number of benzene rings is 3. The van der Waals surface area contributed by atoms with Gasteiger partial charge in [0.2, 0.25) is 0 Å². The normalized spacial score (nSPS) is 11.2. The van der Waals surface area contributed by atoms with E-state index in [2.05, 4.69) is 62.1 Å². The molecule has 1 aromatic heterocycles. The van der Waals surface area contributed by atoms with E-state index in [4.69, 9.17) is 0 Å². The predicted octanol–water partition coefficient (Wildman–Crippen LogP) is 3.26. The van der Waals surface area contributed by atoms with Crippen LogP contribution in [0.1, 0.15) is 0 Å². The summed E-state index contributed by atoms with van der Waals surface area (Å²) in [6, 6.07) is 17.4. The first-order chi connectivity index (χ1) is 7.93. The van der Waals surface area contributed by atoms with Gasteiger partial charge >= 0.3 is 94.2 Å². The molecule has 0 saturated carbocycles. The zero-order chi connectivity index (χ0) is 10.5. The van der Waals surface area contributed by atoms with Gasteiger partial charge in [-0.1, -0.05) is 0 Å². The Bertz CT molecular complexity index is 675. The van der Waals surface area contributed by atoms with Crippen molar-refractivity contribution in [3.05, 3.63) is 48.5 Å². The molecule has 0 unspecified atom stereocenters. The summed E-state index contributed by atoms with van der Waals surface area (Å²) in [5.74, 6) is 0. The molecular formula is C14H8B2. The molecule has 4 rings (SSSR count). The summed E-state index contributed by atoms with van der Waals surface area (Å²) in [4.78, 5) is 0. The van der Waals surface area contributed by atoms with Crippen LogP contribution in [0.3, 0.4) is 0 Å². The van der Waals surface area contributed by atoms with Gasteiger partial charge in [0.15, 0.2) is 0 Å². The Balaban J connectivity index is 2.51. The minimum absolute atomic E-state index is 1.34. The van der Waals surface area contributed by atoms with Crippen molar-refractivity contribution >= 4 is 45.7 Å². The molecule has 0 aliphatic heterocycles. The molecule has 4 aromatic rings. The van der Waals surface area contributed by atoms with Crippen molar-refractivity contribution in [1.29, 1.82) is 0 Å². The zero-order valence-electron chi connectivity index (χ0n) is 8.77. The number of hydrogen-bond donors (Lipinski definition) is 0. The summed E-state index contributed by atoms with van der Waals surface area (Å²) in [6.45, 7) is 4.42. The van der Waals surface area contributed by atoms with E-state index in [1.54, 1.807) is 0 Å². The Morgan fingerprint density at radius 1 is 0.562 bits per heavy atom. The van der Waals surface area contributed by atoms with E-state index in [1.807, 2.05) is 0 Å². The predicted molar refractivity (Wildman–Crippen MR) is 72.8 cm³/mol. The van der Waals surface area contributed by atoms with Gasteiger partial charge in [-0.25, -0.2) is 0 Å². The molecule has 0 amide bonds. The second-order valence-corrected chi connectivity index (χ2v) is 4.29. The quantitative estimate of drug-likeness (QED) is 0.380. The first kappa shape index (κ1) is 8.46. The van der Waals surface area contributed by atoms with Gasteiger partial charge in [-0.2, -0.15) is 0 Å². The van der Waals surface area contributed by atoms with E-state index >= 15 is 0 Å². The summed E-state index contributed by atoms with van der Waals surface area (Å²) < 4.78 is 0. The van der Waals surface area contributed by atoms with Crippen LogP contribution in [0.2, 0.25) is 0 Å². The summed E-state index contributed by atoms with van der Waals surface area (Å²) in [5, 5.41) is 8.14. The maximum absolute atomic E-state index is 2.21. The van der Waals surface area contributed by atoms with Crippen LogP contribution in [0.4, 0.5) is 0 Å². The number of hydrogen-bond acceptors (Lipinski definition) is 0. The zero-order valence-corrected chi connectivity index (χ0v) is 8.77. The molecule has 0 radical (unpaired) electrons. The van der Waals surface area contributed by atoms with Gasteiger partial charge in [-0.05, 0) is 0 Å². The van der Waals surface area contributed by atoms with Crippen molar-refractivity contribution in [3.8, 4) is 0 Å². The molecule has 0 spiro atoms. The van der Waals surface area contributed by atoms with Gasteiger partial charge in [-0.15, -0.1) is 0 Å². The second-order valence-electron chi connectivity index (χ2n) is 4.29. The Morgan fingerprint density at radius 3 is 1.56 bits per heavy atom. The van der Waals surface area contributed by atoms with E-state index in [0.717, 1.165) is 0 Å². The second kappa shape index (κ2) is 2.91. The van der Waals surface area contributed by atoms with Crippen LogP contribution in [0.15, 0.2) is 48.5 Å². The van der Waals surface area contributed by atoms with E-state index in [9.17, 15) is 0 Å². The molecule has 2 heteroatoms. The van der Waals surface area contributed by atoms with E-state index in [-0.39, 0.29) is 0 Å². The van der Waals surface area contributed by atoms with E-state index < -0.39 is 0 Å². The molecule has 0 bridgehead atoms. The minimum atomic E-state index is 1.34. The van der Waals surface area contributed by atoms with Gasteiger partial charge in [0, 0.05) is 0 Å². The molecular weight excluding hydrogens is 190 g/mol. The molecule has 0 saturated heterocycles. The van der Waals surface area contributed by atoms with E-state index in [0.29, 0.717) is 0 Å². The molecule has 0 nitrogen and oxygen atoms in total. The fraction of sp³-hybridized carbons (Fsp3) is 0. The third-order valence-corrected chi connectivity index (χ3v) is 3.39. The number of rotatable bonds is 0. The summed E-state index contributed by atoms with van der Waals surface area (Å²) in [6.07, 6.45) is 0. The summed E-state index contributed by atoms with van der Waals surface area (Å²) in [7, 11) is 0. The third kappa shape index (κ3) is 0.969. The van der Waals surface area contributed by atoms with Gasteiger partial charge in [0.1, 0.15) is 0 Å². The van der Waals surface area contributed by atoms with Crippen LogP contribution in [-0.4, -0.2) is 13.6 Å². The van der Waals surface area contributed by atoms with Crippen molar-refractivity contribution in [3.63, 3.8) is 0 Å². The Labute approximate surface area is 94.6 Å². The first-order valence-corrected chi connectivity index (χ1v) is 5.56. The van der Waals surface area contributed by atoms with Gasteiger partial charge in [0.25, 0.3) is 0 Å². The van der Waals surface area contributed by atoms with Crippen LogP contribution < -0.4 is 0 Å². The van der Waals surface area contributed by atoms with Crippen molar-refractivity contribution < 1.29 is 0 Å². The monoisotopic (exact) mass is 198 g/mol. The van der Waals surface area contributed by atoms with Crippen LogP contribution >= 0.6 is 0 Å². The van der Waals surface area contributed by atoms with Crippen molar-refractivity contribution in [2.24, 2.45) is 0 Å². The fourth-order valence-corrected chi connectivity index (χ4v) is 2.67. The molecule has 0 atom stereocenters. The molecule has 0 fully saturated rings. The van der Waals surface area contributed by atoms with Crippen molar-refractivity contribution in [2.45, 2.75) is 0 Å². The van der Waals surface area contributed by atoms with Crippen LogP contribution in [0.25, 0.3) is 32.1 Å². The summed E-state index contributed by atoms with van der Waals surface area (Å²) >= 11 is 0. The molecule has 70 valence electrons. The SMILES string of the molecule is b1bc2cccc3ccc4cccc1c4c23. The maximum atomic E-state index is 2.21. The molecule has 1 heterocycles. The molecule has 3 aromatic carbocycles. The average Bonchev–Trinajstić information content (AvgIpc) is 2.36. The van der Waals surface area contributed by atoms with Crippen molar-refractivity contribution in [2.75, 3.05) is 0 Å². The Kier molecular flexibility index (Phi) is 1.54. The fourth-order valence-electron chi connectivity index (χ4n) is 2.67. The molecule has 16 heavy (non-hydrogen) atoms. The molecule has 0 aliphatic carbocycles. The van der Waals surface area contributed by atoms with Crippen LogP contribution in [0.5, 0.6) is 0 Å². The van der Waals surface area contributed by atoms with Gasteiger partial charge < -0.3 is 0 Å². The van der Waals surface area contributed by atoms with E-state index in [1.165, 1.54) is 32.1 Å². The topological polar surface area (TPSA) is 0 Å². The van der Waals surface area contributed by atoms with Crippen molar-refractivity contribution in [1.82, 2.24) is 0 Å². The van der Waals surface area contributed by atoms with Gasteiger partial charge in [0.05, 0.1) is 0 Å².